The molecule has 3 nitrogen and oxygen atoms in total. The second kappa shape index (κ2) is 7.46. The van der Waals surface area contributed by atoms with Crippen molar-refractivity contribution in [2.24, 2.45) is 0 Å². The molecule has 1 aromatic carbocycles. The number of rotatable bonds is 6. The van der Waals surface area contributed by atoms with E-state index in [1.165, 1.54) is 6.07 Å². The molecule has 0 aromatic heterocycles. The molecule has 0 radical (unpaired) electrons. The van der Waals surface area contributed by atoms with E-state index in [9.17, 15) is 4.39 Å². The van der Waals surface area contributed by atoms with Gasteiger partial charge in [0.15, 0.2) is 0 Å². The van der Waals surface area contributed by atoms with Gasteiger partial charge in [-0.25, -0.2) is 4.39 Å². The second-order valence-corrected chi connectivity index (χ2v) is 4.90. The van der Waals surface area contributed by atoms with Crippen molar-refractivity contribution < 1.29 is 9.13 Å². The molecule has 1 aromatic rings. The summed E-state index contributed by atoms with van der Waals surface area (Å²) in [5, 5.41) is 3.15. The summed E-state index contributed by atoms with van der Waals surface area (Å²) >= 11 is 0. The third-order valence-corrected chi connectivity index (χ3v) is 3.55. The number of halogens is 1. The maximum Gasteiger partial charge on any atom is 0.146 e. The van der Waals surface area contributed by atoms with Gasteiger partial charge in [-0.15, -0.1) is 0 Å². The number of likely N-dealkylation sites (tertiary alicyclic amines) is 1. The van der Waals surface area contributed by atoms with Crippen LogP contribution in [0, 0.1) is 5.82 Å². The predicted molar refractivity (Wildman–Crippen MR) is 76.0 cm³/mol. The first-order chi connectivity index (χ1) is 9.29. The first-order valence-electron chi connectivity index (χ1n) is 7.12. The Labute approximate surface area is 114 Å². The Morgan fingerprint density at radius 1 is 1.32 bits per heavy atom. The lowest BCUT2D eigenvalue weighted by Crippen LogP contribution is -2.39. The summed E-state index contributed by atoms with van der Waals surface area (Å²) in [6, 6.07) is 6.81. The lowest BCUT2D eigenvalue weighted by atomic mass is 10.1. The Hall–Kier alpha value is -1.13. The monoisotopic (exact) mass is 266 g/mol. The Bertz CT molecular complexity index is 378. The highest BCUT2D eigenvalue weighted by Gasteiger charge is 2.18. The third-order valence-electron chi connectivity index (χ3n) is 3.55. The molecule has 1 N–H and O–H groups in total. The highest BCUT2D eigenvalue weighted by atomic mass is 19.1. The van der Waals surface area contributed by atoms with Crippen molar-refractivity contribution in [3.8, 4) is 0 Å². The molecule has 0 aliphatic carbocycles. The molecular weight excluding hydrogens is 243 g/mol. The van der Waals surface area contributed by atoms with E-state index in [1.54, 1.807) is 12.1 Å². The minimum Gasteiger partial charge on any atom is -0.381 e. The molecular formula is C15H23FN2O. The van der Waals surface area contributed by atoms with Crippen molar-refractivity contribution in [2.75, 3.05) is 38.1 Å². The summed E-state index contributed by atoms with van der Waals surface area (Å²) < 4.78 is 19.0. The Morgan fingerprint density at radius 3 is 2.74 bits per heavy atom. The largest absolute Gasteiger partial charge is 0.381 e. The van der Waals surface area contributed by atoms with E-state index in [2.05, 4.69) is 10.2 Å². The first kappa shape index (κ1) is 14.3. The molecule has 4 heteroatoms. The second-order valence-electron chi connectivity index (χ2n) is 4.90. The number of nitrogens with one attached hydrogen (secondary N) is 1. The van der Waals surface area contributed by atoms with Gasteiger partial charge in [0.05, 0.1) is 11.8 Å². The lowest BCUT2D eigenvalue weighted by molar-refractivity contribution is 0.0152. The van der Waals surface area contributed by atoms with Gasteiger partial charge in [-0.2, -0.15) is 0 Å². The van der Waals surface area contributed by atoms with Crippen LogP contribution >= 0.6 is 0 Å². The molecule has 19 heavy (non-hydrogen) atoms. The number of hydrogen-bond donors (Lipinski definition) is 1. The van der Waals surface area contributed by atoms with E-state index in [0.29, 0.717) is 11.8 Å². The molecule has 1 aliphatic rings. The van der Waals surface area contributed by atoms with Gasteiger partial charge in [0.2, 0.25) is 0 Å². The van der Waals surface area contributed by atoms with E-state index < -0.39 is 0 Å². The maximum absolute atomic E-state index is 13.4. The molecule has 1 saturated heterocycles. The standard InChI is InChI=1S/C15H23FN2O/c1-2-19-13-7-10-18(11-8-13)12-9-17-15-6-4-3-5-14(15)16/h3-6,13,17H,2,7-12H2,1H3. The fourth-order valence-corrected chi connectivity index (χ4v) is 2.49. The molecule has 2 rings (SSSR count). The van der Waals surface area contributed by atoms with E-state index in [4.69, 9.17) is 4.74 Å². The molecule has 1 fully saturated rings. The van der Waals surface area contributed by atoms with E-state index >= 15 is 0 Å². The molecule has 0 atom stereocenters. The molecule has 106 valence electrons. The zero-order valence-electron chi connectivity index (χ0n) is 11.6. The zero-order chi connectivity index (χ0) is 13.5. The van der Waals surface area contributed by atoms with Gasteiger partial charge in [-0.1, -0.05) is 12.1 Å². The van der Waals surface area contributed by atoms with E-state index in [1.807, 2.05) is 13.0 Å². The third kappa shape index (κ3) is 4.48. The predicted octanol–water partition coefficient (Wildman–Crippen LogP) is 2.74. The average Bonchev–Trinajstić information content (AvgIpc) is 2.43. The summed E-state index contributed by atoms with van der Waals surface area (Å²) in [4.78, 5) is 2.41. The zero-order valence-corrected chi connectivity index (χ0v) is 11.6. The summed E-state index contributed by atoms with van der Waals surface area (Å²) in [6.45, 7) is 6.73. The molecule has 0 bridgehead atoms. The van der Waals surface area contributed by atoms with Gasteiger partial charge in [0, 0.05) is 32.8 Å². The highest BCUT2D eigenvalue weighted by Crippen LogP contribution is 2.14. The number of benzene rings is 1. The van der Waals surface area contributed by atoms with Crippen LogP contribution in [0.3, 0.4) is 0 Å². The fourth-order valence-electron chi connectivity index (χ4n) is 2.49. The fraction of sp³-hybridized carbons (Fsp3) is 0.600. The smallest absolute Gasteiger partial charge is 0.146 e. The molecule has 0 unspecified atom stereocenters. The summed E-state index contributed by atoms with van der Waals surface area (Å²) in [5.41, 5.74) is 0.590. The topological polar surface area (TPSA) is 24.5 Å². The number of hydrogen-bond acceptors (Lipinski definition) is 3. The van der Waals surface area contributed by atoms with Crippen molar-refractivity contribution in [1.29, 1.82) is 0 Å². The van der Waals surface area contributed by atoms with Crippen molar-refractivity contribution in [3.63, 3.8) is 0 Å². The van der Waals surface area contributed by atoms with Crippen molar-refractivity contribution in [3.05, 3.63) is 30.1 Å². The minimum atomic E-state index is -0.183. The van der Waals surface area contributed by atoms with Crippen LogP contribution in [-0.4, -0.2) is 43.8 Å². The van der Waals surface area contributed by atoms with Crippen molar-refractivity contribution in [2.45, 2.75) is 25.9 Å². The molecule has 1 heterocycles. The number of ether oxygens (including phenoxy) is 1. The van der Waals surface area contributed by atoms with Crippen LogP contribution in [0.4, 0.5) is 10.1 Å². The lowest BCUT2D eigenvalue weighted by Gasteiger charge is -2.31. The normalized spacial score (nSPS) is 17.6. The number of nitrogens with zero attached hydrogens (tertiary/aromatic N) is 1. The van der Waals surface area contributed by atoms with Crippen LogP contribution in [-0.2, 0) is 4.74 Å². The SMILES string of the molecule is CCOC1CCN(CCNc2ccccc2F)CC1. The van der Waals surface area contributed by atoms with Gasteiger partial charge in [-0.3, -0.25) is 0 Å². The van der Waals surface area contributed by atoms with Gasteiger partial charge >= 0.3 is 0 Å². The number of anilines is 1. The van der Waals surface area contributed by atoms with Crippen molar-refractivity contribution in [1.82, 2.24) is 4.90 Å². The van der Waals surface area contributed by atoms with Crippen LogP contribution in [0.1, 0.15) is 19.8 Å². The van der Waals surface area contributed by atoms with Gasteiger partial charge in [-0.05, 0) is 31.9 Å². The molecule has 0 spiro atoms. The van der Waals surface area contributed by atoms with Gasteiger partial charge in [0.1, 0.15) is 5.82 Å². The number of piperidine rings is 1. The van der Waals surface area contributed by atoms with E-state index in [0.717, 1.165) is 45.6 Å². The minimum absolute atomic E-state index is 0.183. The summed E-state index contributed by atoms with van der Waals surface area (Å²) in [5.74, 6) is -0.183. The highest BCUT2D eigenvalue weighted by molar-refractivity contribution is 5.44. The summed E-state index contributed by atoms with van der Waals surface area (Å²) in [7, 11) is 0. The van der Waals surface area contributed by atoms with Crippen molar-refractivity contribution >= 4 is 5.69 Å². The van der Waals surface area contributed by atoms with E-state index in [-0.39, 0.29) is 5.82 Å². The Balaban J connectivity index is 1.66. The molecule has 0 saturated carbocycles. The Morgan fingerprint density at radius 2 is 2.05 bits per heavy atom. The summed E-state index contributed by atoms with van der Waals surface area (Å²) in [6.07, 6.45) is 2.64. The van der Waals surface area contributed by atoms with Gasteiger partial charge in [0.25, 0.3) is 0 Å². The first-order valence-corrected chi connectivity index (χ1v) is 7.12. The maximum atomic E-state index is 13.4. The van der Waals surface area contributed by atoms with Crippen LogP contribution in [0.5, 0.6) is 0 Å². The number of para-hydroxylation sites is 1. The average molecular weight is 266 g/mol. The van der Waals surface area contributed by atoms with Crippen LogP contribution in [0.2, 0.25) is 0 Å². The molecule has 0 amide bonds. The van der Waals surface area contributed by atoms with Gasteiger partial charge < -0.3 is 15.0 Å². The Kier molecular flexibility index (Phi) is 5.61. The van der Waals surface area contributed by atoms with Crippen LogP contribution < -0.4 is 5.32 Å². The van der Waals surface area contributed by atoms with Crippen LogP contribution in [0.15, 0.2) is 24.3 Å². The van der Waals surface area contributed by atoms with Crippen LogP contribution in [0.25, 0.3) is 0 Å². The molecule has 1 aliphatic heterocycles. The quantitative estimate of drug-likeness (QED) is 0.857.